The summed E-state index contributed by atoms with van der Waals surface area (Å²) in [4.78, 5) is 0. The van der Waals surface area contributed by atoms with Crippen molar-refractivity contribution < 1.29 is 14.0 Å². The lowest BCUT2D eigenvalue weighted by atomic mass is 9.65. The number of hydrogen-bond donors (Lipinski definition) is 0. The Morgan fingerprint density at radius 2 is 1.86 bits per heavy atom. The Hall–Kier alpha value is -0.825. The van der Waals surface area contributed by atoms with Crippen LogP contribution >= 0.6 is 0 Å². The van der Waals surface area contributed by atoms with E-state index in [4.69, 9.17) is 14.0 Å². The molecule has 0 aromatic carbocycles. The van der Waals surface area contributed by atoms with Crippen molar-refractivity contribution in [1.82, 2.24) is 0 Å². The highest BCUT2D eigenvalue weighted by Crippen LogP contribution is 2.52. The maximum atomic E-state index is 9.57. The number of nitrogens with zero attached hydrogens (tertiary/aromatic N) is 1. The maximum Gasteiger partial charge on any atom is 0.490 e. The zero-order valence-corrected chi connectivity index (χ0v) is 13.6. The van der Waals surface area contributed by atoms with E-state index in [0.717, 1.165) is 19.3 Å². The molecule has 2 fully saturated rings. The first-order chi connectivity index (χ1) is 9.76. The predicted molar refractivity (Wildman–Crippen MR) is 80.3 cm³/mol. The Morgan fingerprint density at radius 3 is 2.33 bits per heavy atom. The van der Waals surface area contributed by atoms with E-state index in [-0.39, 0.29) is 30.2 Å². The SMILES string of the molecule is COC1(C#N)C2C=C(B3OC(C)(C)C(C)(C)O3)CC1CC2. The van der Waals surface area contributed by atoms with Gasteiger partial charge < -0.3 is 14.0 Å². The number of rotatable bonds is 2. The summed E-state index contributed by atoms with van der Waals surface area (Å²) < 4.78 is 17.9. The largest absolute Gasteiger partial charge is 0.490 e. The minimum absolute atomic E-state index is 0.153. The summed E-state index contributed by atoms with van der Waals surface area (Å²) in [5.74, 6) is 0.400. The first-order valence-corrected chi connectivity index (χ1v) is 7.78. The molecule has 3 rings (SSSR count). The zero-order chi connectivity index (χ0) is 15.5. The van der Waals surface area contributed by atoms with Gasteiger partial charge in [-0.1, -0.05) is 6.08 Å². The van der Waals surface area contributed by atoms with Gasteiger partial charge >= 0.3 is 7.12 Å². The summed E-state index contributed by atoms with van der Waals surface area (Å²) in [5.41, 5.74) is -0.0951. The smallest absolute Gasteiger partial charge is 0.400 e. The highest BCUT2D eigenvalue weighted by Gasteiger charge is 2.58. The first kappa shape index (κ1) is 15.1. The molecule has 5 heteroatoms. The second-order valence-electron chi connectivity index (χ2n) is 7.52. The highest BCUT2D eigenvalue weighted by atomic mass is 16.7. The fourth-order valence-electron chi connectivity index (χ4n) is 3.89. The molecule has 0 amide bonds. The second-order valence-corrected chi connectivity index (χ2v) is 7.52. The van der Waals surface area contributed by atoms with Crippen molar-refractivity contribution in [2.24, 2.45) is 11.8 Å². The van der Waals surface area contributed by atoms with Crippen molar-refractivity contribution in [1.29, 1.82) is 5.26 Å². The molecular weight excluding hydrogens is 265 g/mol. The Labute approximate surface area is 127 Å². The van der Waals surface area contributed by atoms with Gasteiger partial charge in [-0.15, -0.1) is 0 Å². The van der Waals surface area contributed by atoms with Gasteiger partial charge in [0.1, 0.15) is 0 Å². The van der Waals surface area contributed by atoms with E-state index in [0.29, 0.717) is 0 Å². The Morgan fingerprint density at radius 1 is 1.24 bits per heavy atom. The van der Waals surface area contributed by atoms with E-state index in [1.165, 1.54) is 5.47 Å². The van der Waals surface area contributed by atoms with E-state index in [2.05, 4.69) is 39.8 Å². The Balaban J connectivity index is 1.87. The highest BCUT2D eigenvalue weighted by molar-refractivity contribution is 6.54. The number of methoxy groups -OCH3 is 1. The lowest BCUT2D eigenvalue weighted by Crippen LogP contribution is -2.44. The van der Waals surface area contributed by atoms with Crippen molar-refractivity contribution in [2.75, 3.05) is 7.11 Å². The molecule has 21 heavy (non-hydrogen) atoms. The molecule has 3 atom stereocenters. The number of allylic oxidation sites excluding steroid dienone is 1. The summed E-state index contributed by atoms with van der Waals surface area (Å²) in [6.07, 6.45) is 5.05. The molecule has 1 aliphatic heterocycles. The summed E-state index contributed by atoms with van der Waals surface area (Å²) >= 11 is 0. The molecule has 0 N–H and O–H groups in total. The predicted octanol–water partition coefficient (Wildman–Crippen LogP) is 2.88. The van der Waals surface area contributed by atoms with Crippen LogP contribution in [0.4, 0.5) is 0 Å². The first-order valence-electron chi connectivity index (χ1n) is 7.78. The van der Waals surface area contributed by atoms with E-state index in [1.54, 1.807) is 7.11 Å². The molecule has 3 unspecified atom stereocenters. The van der Waals surface area contributed by atoms with Gasteiger partial charge in [0, 0.05) is 18.9 Å². The number of ether oxygens (including phenoxy) is 1. The van der Waals surface area contributed by atoms with Gasteiger partial charge in [-0.2, -0.15) is 5.26 Å². The number of fused-ring (bicyclic) bond motifs is 2. The fourth-order valence-corrected chi connectivity index (χ4v) is 3.89. The lowest BCUT2D eigenvalue weighted by Gasteiger charge is -2.36. The molecule has 4 nitrogen and oxygen atoms in total. The van der Waals surface area contributed by atoms with Crippen molar-refractivity contribution in [3.63, 3.8) is 0 Å². The van der Waals surface area contributed by atoms with Gasteiger partial charge in [0.2, 0.25) is 0 Å². The van der Waals surface area contributed by atoms with Crippen LogP contribution in [-0.2, 0) is 14.0 Å². The molecule has 114 valence electrons. The van der Waals surface area contributed by atoms with Crippen LogP contribution in [0.25, 0.3) is 0 Å². The van der Waals surface area contributed by atoms with Crippen LogP contribution in [0.5, 0.6) is 0 Å². The van der Waals surface area contributed by atoms with E-state index < -0.39 is 5.60 Å². The molecule has 0 aromatic heterocycles. The normalized spacial score (nSPS) is 40.0. The van der Waals surface area contributed by atoms with E-state index in [1.807, 2.05) is 0 Å². The molecule has 0 aromatic rings. The molecule has 3 aliphatic rings. The van der Waals surface area contributed by atoms with Crippen molar-refractivity contribution in [2.45, 2.75) is 63.8 Å². The minimum Gasteiger partial charge on any atom is -0.400 e. The molecule has 1 saturated heterocycles. The number of hydrogen-bond acceptors (Lipinski definition) is 4. The van der Waals surface area contributed by atoms with Crippen molar-refractivity contribution in [3.05, 3.63) is 11.5 Å². The number of nitriles is 1. The van der Waals surface area contributed by atoms with Crippen LogP contribution in [0, 0.1) is 23.2 Å². The Bertz CT molecular complexity index is 506. The third kappa shape index (κ3) is 2.00. The van der Waals surface area contributed by atoms with Gasteiger partial charge in [-0.3, -0.25) is 0 Å². The molecule has 0 spiro atoms. The standard InChI is InChI=1S/C16H24BNO3/c1-14(2)15(3,4)21-17(20-14)13-8-11-6-7-12(9-13)16(11,10-18)19-5/h8,11-12H,6-7,9H2,1-5H3. The zero-order valence-electron chi connectivity index (χ0n) is 13.6. The molecule has 1 heterocycles. The van der Waals surface area contributed by atoms with Gasteiger partial charge in [0.15, 0.2) is 5.60 Å². The summed E-state index contributed by atoms with van der Waals surface area (Å²) in [7, 11) is 1.37. The second kappa shape index (κ2) is 4.58. The fraction of sp³-hybridized carbons (Fsp3) is 0.812. The summed E-state index contributed by atoms with van der Waals surface area (Å²) in [5, 5.41) is 9.57. The quantitative estimate of drug-likeness (QED) is 0.733. The van der Waals surface area contributed by atoms with E-state index >= 15 is 0 Å². The van der Waals surface area contributed by atoms with Gasteiger partial charge in [-0.25, -0.2) is 0 Å². The molecule has 2 aliphatic carbocycles. The van der Waals surface area contributed by atoms with Crippen LogP contribution in [-0.4, -0.2) is 31.0 Å². The van der Waals surface area contributed by atoms with Crippen LogP contribution in [0.1, 0.15) is 47.0 Å². The average molecular weight is 289 g/mol. The van der Waals surface area contributed by atoms with Gasteiger partial charge in [-0.05, 0) is 52.4 Å². The maximum absolute atomic E-state index is 9.57. The Kier molecular flexibility index (Phi) is 3.29. The average Bonchev–Trinajstić information content (AvgIpc) is 2.73. The van der Waals surface area contributed by atoms with E-state index in [9.17, 15) is 5.26 Å². The monoisotopic (exact) mass is 289 g/mol. The molecule has 1 saturated carbocycles. The third-order valence-corrected chi connectivity index (χ3v) is 5.95. The summed E-state index contributed by atoms with van der Waals surface area (Å²) in [6.45, 7) is 8.28. The molecule has 0 radical (unpaired) electrons. The van der Waals surface area contributed by atoms with Gasteiger partial charge in [0.25, 0.3) is 0 Å². The topological polar surface area (TPSA) is 51.5 Å². The van der Waals surface area contributed by atoms with Crippen LogP contribution in [0.3, 0.4) is 0 Å². The van der Waals surface area contributed by atoms with Crippen molar-refractivity contribution in [3.8, 4) is 6.07 Å². The van der Waals surface area contributed by atoms with Crippen LogP contribution in [0.15, 0.2) is 11.5 Å². The summed E-state index contributed by atoms with van der Waals surface area (Å²) in [6, 6.07) is 2.42. The van der Waals surface area contributed by atoms with Crippen LogP contribution < -0.4 is 0 Å². The molecular formula is C16H24BNO3. The minimum atomic E-state index is -0.646. The van der Waals surface area contributed by atoms with Crippen molar-refractivity contribution >= 4 is 7.12 Å². The molecule has 2 bridgehead atoms. The van der Waals surface area contributed by atoms with Gasteiger partial charge in [0.05, 0.1) is 17.3 Å². The third-order valence-electron chi connectivity index (χ3n) is 5.95. The lowest BCUT2D eigenvalue weighted by molar-refractivity contribution is -0.0186. The van der Waals surface area contributed by atoms with Crippen LogP contribution in [0.2, 0.25) is 0 Å².